The quantitative estimate of drug-likeness (QED) is 0.848. The number of benzene rings is 2. The van der Waals surface area contributed by atoms with Crippen LogP contribution in [0.1, 0.15) is 34.7 Å². The van der Waals surface area contributed by atoms with Gasteiger partial charge in [0.15, 0.2) is 0 Å². The van der Waals surface area contributed by atoms with E-state index in [1.807, 2.05) is 4.90 Å². The van der Waals surface area contributed by atoms with Crippen molar-refractivity contribution in [1.29, 1.82) is 0 Å². The van der Waals surface area contributed by atoms with Crippen molar-refractivity contribution in [2.45, 2.75) is 31.8 Å². The van der Waals surface area contributed by atoms with E-state index in [1.165, 1.54) is 22.3 Å². The zero-order chi connectivity index (χ0) is 16.5. The number of nitrogens with zero attached hydrogens (tertiary/aromatic N) is 2. The smallest absolute Gasteiger partial charge is 0.224 e. The minimum Gasteiger partial charge on any atom is -0.338 e. The molecule has 0 spiro atoms. The Morgan fingerprint density at radius 1 is 0.958 bits per heavy atom. The Balaban J connectivity index is 1.51. The Morgan fingerprint density at radius 3 is 2.46 bits per heavy atom. The van der Waals surface area contributed by atoms with E-state index in [0.717, 1.165) is 32.5 Å². The lowest BCUT2D eigenvalue weighted by atomic mass is 9.90. The highest BCUT2D eigenvalue weighted by Gasteiger charge is 2.29. The summed E-state index contributed by atoms with van der Waals surface area (Å²) >= 11 is 0. The molecule has 2 aromatic rings. The van der Waals surface area contributed by atoms with Gasteiger partial charge in [-0.3, -0.25) is 9.69 Å². The summed E-state index contributed by atoms with van der Waals surface area (Å²) in [6.45, 7) is 2.62. The van der Waals surface area contributed by atoms with Gasteiger partial charge in [0.2, 0.25) is 5.91 Å². The van der Waals surface area contributed by atoms with Gasteiger partial charge in [0.1, 0.15) is 0 Å². The molecule has 0 saturated heterocycles. The van der Waals surface area contributed by atoms with Crippen molar-refractivity contribution >= 4 is 5.91 Å². The van der Waals surface area contributed by atoms with Crippen LogP contribution in [-0.4, -0.2) is 35.8 Å². The molecular weight excluding hydrogens is 296 g/mol. The molecule has 0 N–H and O–H groups in total. The van der Waals surface area contributed by atoms with Crippen LogP contribution in [0.15, 0.2) is 48.5 Å². The molecule has 3 heteroatoms. The molecule has 0 bridgehead atoms. The number of hydrogen-bond acceptors (Lipinski definition) is 2. The monoisotopic (exact) mass is 320 g/mol. The molecule has 124 valence electrons. The fourth-order valence-electron chi connectivity index (χ4n) is 4.05. The maximum Gasteiger partial charge on any atom is 0.224 e. The molecule has 0 radical (unpaired) electrons. The number of amides is 1. The van der Waals surface area contributed by atoms with E-state index in [0.29, 0.717) is 6.42 Å². The third kappa shape index (κ3) is 2.84. The standard InChI is InChI=1S/C21H24N2O/c1-22-12-10-17-7-4-5-9-19(17)20(22)14-21(24)23-13-11-16-6-2-3-8-18(16)15-23/h2-9,20H,10-15H2,1H3. The molecule has 4 rings (SSSR count). The molecule has 0 saturated carbocycles. The van der Waals surface area contributed by atoms with Gasteiger partial charge in [0, 0.05) is 32.1 Å². The molecule has 3 nitrogen and oxygen atoms in total. The van der Waals surface area contributed by atoms with E-state index in [9.17, 15) is 4.79 Å². The number of likely N-dealkylation sites (N-methyl/N-ethyl adjacent to an activating group) is 1. The molecular formula is C21H24N2O. The molecule has 2 aromatic carbocycles. The summed E-state index contributed by atoms with van der Waals surface area (Å²) in [6.07, 6.45) is 2.63. The second kappa shape index (κ2) is 6.40. The lowest BCUT2D eigenvalue weighted by Crippen LogP contribution is -2.40. The lowest BCUT2D eigenvalue weighted by Gasteiger charge is -2.36. The van der Waals surface area contributed by atoms with Crippen molar-refractivity contribution in [3.8, 4) is 0 Å². The van der Waals surface area contributed by atoms with Crippen molar-refractivity contribution in [2.24, 2.45) is 0 Å². The van der Waals surface area contributed by atoms with E-state index >= 15 is 0 Å². The Hall–Kier alpha value is -2.13. The van der Waals surface area contributed by atoms with E-state index in [1.54, 1.807) is 0 Å². The summed E-state index contributed by atoms with van der Waals surface area (Å²) in [5.74, 6) is 0.276. The first-order valence-electron chi connectivity index (χ1n) is 8.85. The normalized spacial score (nSPS) is 20.4. The Labute approximate surface area is 143 Å². The summed E-state index contributed by atoms with van der Waals surface area (Å²) in [7, 11) is 2.14. The molecule has 2 aliphatic rings. The third-order valence-corrected chi connectivity index (χ3v) is 5.53. The van der Waals surface area contributed by atoms with Gasteiger partial charge >= 0.3 is 0 Å². The molecule has 0 aromatic heterocycles. The van der Waals surface area contributed by atoms with Crippen LogP contribution in [0.5, 0.6) is 0 Å². The van der Waals surface area contributed by atoms with Crippen molar-refractivity contribution in [1.82, 2.24) is 9.80 Å². The van der Waals surface area contributed by atoms with E-state index in [-0.39, 0.29) is 11.9 Å². The molecule has 1 amide bonds. The van der Waals surface area contributed by atoms with E-state index in [4.69, 9.17) is 0 Å². The third-order valence-electron chi connectivity index (χ3n) is 5.53. The van der Waals surface area contributed by atoms with Crippen molar-refractivity contribution in [3.63, 3.8) is 0 Å². The Kier molecular flexibility index (Phi) is 4.11. The highest BCUT2D eigenvalue weighted by Crippen LogP contribution is 2.32. The maximum absolute atomic E-state index is 12.9. The van der Waals surface area contributed by atoms with E-state index < -0.39 is 0 Å². The number of fused-ring (bicyclic) bond motifs is 2. The van der Waals surface area contributed by atoms with Gasteiger partial charge in [-0.25, -0.2) is 0 Å². The SMILES string of the molecule is CN1CCc2ccccc2C1CC(=O)N1CCc2ccccc2C1. The first-order valence-corrected chi connectivity index (χ1v) is 8.85. The first-order chi connectivity index (χ1) is 11.7. The van der Waals surface area contributed by atoms with Crippen LogP contribution in [0.2, 0.25) is 0 Å². The molecule has 1 atom stereocenters. The Bertz CT molecular complexity index is 755. The van der Waals surface area contributed by atoms with Crippen molar-refractivity contribution in [2.75, 3.05) is 20.1 Å². The topological polar surface area (TPSA) is 23.6 Å². The van der Waals surface area contributed by atoms with Gasteiger partial charge in [-0.05, 0) is 42.1 Å². The fraction of sp³-hybridized carbons (Fsp3) is 0.381. The van der Waals surface area contributed by atoms with Gasteiger partial charge in [-0.15, -0.1) is 0 Å². The Morgan fingerprint density at radius 2 is 1.62 bits per heavy atom. The molecule has 2 aliphatic heterocycles. The first kappa shape index (κ1) is 15.4. The molecule has 0 fully saturated rings. The predicted molar refractivity (Wildman–Crippen MR) is 95.7 cm³/mol. The van der Waals surface area contributed by atoms with Crippen LogP contribution in [-0.2, 0) is 24.2 Å². The van der Waals surface area contributed by atoms with Gasteiger partial charge in [0.05, 0.1) is 0 Å². The fourth-order valence-corrected chi connectivity index (χ4v) is 4.05. The minimum atomic E-state index is 0.208. The number of carbonyl (C=O) groups is 1. The number of rotatable bonds is 2. The van der Waals surface area contributed by atoms with Gasteiger partial charge in [0.25, 0.3) is 0 Å². The van der Waals surface area contributed by atoms with Gasteiger partial charge in [-0.2, -0.15) is 0 Å². The number of hydrogen-bond donors (Lipinski definition) is 0. The highest BCUT2D eigenvalue weighted by atomic mass is 16.2. The summed E-state index contributed by atoms with van der Waals surface area (Å²) < 4.78 is 0. The van der Waals surface area contributed by atoms with Crippen molar-refractivity contribution < 1.29 is 4.79 Å². The summed E-state index contributed by atoms with van der Waals surface area (Å²) in [5, 5.41) is 0. The number of carbonyl (C=O) groups excluding carboxylic acids is 1. The van der Waals surface area contributed by atoms with Crippen LogP contribution < -0.4 is 0 Å². The summed E-state index contributed by atoms with van der Waals surface area (Å²) in [4.78, 5) is 17.3. The van der Waals surface area contributed by atoms with Crippen LogP contribution in [0.4, 0.5) is 0 Å². The molecule has 2 heterocycles. The largest absolute Gasteiger partial charge is 0.338 e. The second-order valence-electron chi connectivity index (χ2n) is 6.98. The highest BCUT2D eigenvalue weighted by molar-refractivity contribution is 5.77. The summed E-state index contributed by atoms with van der Waals surface area (Å²) in [6, 6.07) is 17.3. The second-order valence-corrected chi connectivity index (χ2v) is 6.98. The average Bonchev–Trinajstić information content (AvgIpc) is 2.63. The minimum absolute atomic E-state index is 0.208. The van der Waals surface area contributed by atoms with Crippen molar-refractivity contribution in [3.05, 3.63) is 70.8 Å². The zero-order valence-corrected chi connectivity index (χ0v) is 14.2. The van der Waals surface area contributed by atoms with Crippen LogP contribution >= 0.6 is 0 Å². The van der Waals surface area contributed by atoms with Crippen LogP contribution in [0.3, 0.4) is 0 Å². The molecule has 24 heavy (non-hydrogen) atoms. The van der Waals surface area contributed by atoms with Gasteiger partial charge < -0.3 is 4.90 Å². The summed E-state index contributed by atoms with van der Waals surface area (Å²) in [5.41, 5.74) is 5.42. The van der Waals surface area contributed by atoms with Gasteiger partial charge in [-0.1, -0.05) is 48.5 Å². The molecule has 0 aliphatic carbocycles. The maximum atomic E-state index is 12.9. The van der Waals surface area contributed by atoms with E-state index in [2.05, 4.69) is 60.5 Å². The average molecular weight is 320 g/mol. The van der Waals surface area contributed by atoms with Crippen LogP contribution in [0, 0.1) is 0 Å². The lowest BCUT2D eigenvalue weighted by molar-refractivity contribution is -0.133. The zero-order valence-electron chi connectivity index (χ0n) is 14.2. The predicted octanol–water partition coefficient (Wildman–Crippen LogP) is 3.19. The van der Waals surface area contributed by atoms with Crippen LogP contribution in [0.25, 0.3) is 0 Å². The molecule has 1 unspecified atom stereocenters.